The number of phenols is 2. The fourth-order valence-electron chi connectivity index (χ4n) is 2.02. The standard InChI is InChI=1S/C18H18O2S/c1-3-5-13-11-15(7-9-17(13)19)21-16-8-10-18(20)14(12-16)6-4-2/h3-4,7-12,19-20H,1-2,5-6H2. The lowest BCUT2D eigenvalue weighted by Gasteiger charge is -2.08. The van der Waals surface area contributed by atoms with Crippen LogP contribution in [0.25, 0.3) is 0 Å². The Morgan fingerprint density at radius 3 is 1.62 bits per heavy atom. The van der Waals surface area contributed by atoms with Crippen molar-refractivity contribution in [2.75, 3.05) is 0 Å². The third-order valence-corrected chi connectivity index (χ3v) is 4.05. The third kappa shape index (κ3) is 3.92. The summed E-state index contributed by atoms with van der Waals surface area (Å²) in [7, 11) is 0. The lowest BCUT2D eigenvalue weighted by molar-refractivity contribution is 0.469. The molecular weight excluding hydrogens is 280 g/mol. The van der Waals surface area contributed by atoms with Crippen molar-refractivity contribution in [3.63, 3.8) is 0 Å². The number of benzene rings is 2. The van der Waals surface area contributed by atoms with Gasteiger partial charge in [0.25, 0.3) is 0 Å². The van der Waals surface area contributed by atoms with Gasteiger partial charge in [-0.2, -0.15) is 0 Å². The zero-order valence-corrected chi connectivity index (χ0v) is 12.6. The fraction of sp³-hybridized carbons (Fsp3) is 0.111. The summed E-state index contributed by atoms with van der Waals surface area (Å²) in [4.78, 5) is 2.08. The van der Waals surface area contributed by atoms with Crippen LogP contribution in [-0.2, 0) is 12.8 Å². The van der Waals surface area contributed by atoms with Crippen LogP contribution in [0.5, 0.6) is 11.5 Å². The number of hydrogen-bond acceptors (Lipinski definition) is 3. The van der Waals surface area contributed by atoms with Crippen molar-refractivity contribution in [3.8, 4) is 11.5 Å². The van der Waals surface area contributed by atoms with E-state index in [1.807, 2.05) is 24.3 Å². The van der Waals surface area contributed by atoms with Crippen molar-refractivity contribution in [1.82, 2.24) is 0 Å². The van der Waals surface area contributed by atoms with E-state index in [1.54, 1.807) is 36.0 Å². The number of phenolic OH excluding ortho intramolecular Hbond substituents is 2. The van der Waals surface area contributed by atoms with Crippen LogP contribution in [0.2, 0.25) is 0 Å². The second-order valence-electron chi connectivity index (χ2n) is 4.67. The third-order valence-electron chi connectivity index (χ3n) is 3.07. The molecule has 0 aliphatic rings. The predicted octanol–water partition coefficient (Wildman–Crippen LogP) is 4.71. The quantitative estimate of drug-likeness (QED) is 0.759. The van der Waals surface area contributed by atoms with Crippen molar-refractivity contribution in [2.45, 2.75) is 22.6 Å². The van der Waals surface area contributed by atoms with Crippen molar-refractivity contribution >= 4 is 11.8 Å². The monoisotopic (exact) mass is 298 g/mol. The van der Waals surface area contributed by atoms with E-state index in [0.717, 1.165) is 20.9 Å². The second kappa shape index (κ2) is 7.04. The van der Waals surface area contributed by atoms with E-state index in [9.17, 15) is 10.2 Å². The first-order chi connectivity index (χ1) is 10.1. The molecule has 2 N–H and O–H groups in total. The molecule has 0 atom stereocenters. The zero-order valence-electron chi connectivity index (χ0n) is 11.7. The Morgan fingerprint density at radius 2 is 1.24 bits per heavy atom. The normalized spacial score (nSPS) is 10.3. The van der Waals surface area contributed by atoms with Crippen molar-refractivity contribution in [1.29, 1.82) is 0 Å². The van der Waals surface area contributed by atoms with Gasteiger partial charge in [-0.15, -0.1) is 13.2 Å². The highest BCUT2D eigenvalue weighted by molar-refractivity contribution is 7.99. The number of aromatic hydroxyl groups is 2. The number of hydrogen-bond donors (Lipinski definition) is 2. The van der Waals surface area contributed by atoms with Crippen molar-refractivity contribution < 1.29 is 10.2 Å². The molecule has 0 amide bonds. The van der Waals surface area contributed by atoms with Gasteiger partial charge in [0.15, 0.2) is 0 Å². The largest absolute Gasteiger partial charge is 0.508 e. The molecular formula is C18H18O2S. The van der Waals surface area contributed by atoms with Crippen LogP contribution in [-0.4, -0.2) is 10.2 Å². The highest BCUT2D eigenvalue weighted by Crippen LogP contribution is 2.33. The van der Waals surface area contributed by atoms with E-state index in [-0.39, 0.29) is 11.5 Å². The molecule has 2 aromatic carbocycles. The van der Waals surface area contributed by atoms with Gasteiger partial charge in [0.1, 0.15) is 11.5 Å². The molecule has 0 heterocycles. The molecule has 0 bridgehead atoms. The Labute approximate surface area is 129 Å². The Balaban J connectivity index is 2.25. The minimum Gasteiger partial charge on any atom is -0.508 e. The molecule has 0 saturated carbocycles. The van der Waals surface area contributed by atoms with Gasteiger partial charge in [0.05, 0.1) is 0 Å². The van der Waals surface area contributed by atoms with E-state index in [0.29, 0.717) is 12.8 Å². The number of allylic oxidation sites excluding steroid dienone is 2. The summed E-state index contributed by atoms with van der Waals surface area (Å²) in [5, 5.41) is 19.6. The van der Waals surface area contributed by atoms with Crippen LogP contribution in [0.1, 0.15) is 11.1 Å². The molecule has 2 rings (SSSR count). The maximum absolute atomic E-state index is 9.78. The van der Waals surface area contributed by atoms with Crippen molar-refractivity contribution in [3.05, 3.63) is 72.8 Å². The van der Waals surface area contributed by atoms with Crippen LogP contribution in [0.4, 0.5) is 0 Å². The van der Waals surface area contributed by atoms with Crippen LogP contribution in [0.3, 0.4) is 0 Å². The Kier molecular flexibility index (Phi) is 5.12. The van der Waals surface area contributed by atoms with E-state index < -0.39 is 0 Å². The summed E-state index contributed by atoms with van der Waals surface area (Å²) in [5.74, 6) is 0.578. The van der Waals surface area contributed by atoms with Gasteiger partial charge >= 0.3 is 0 Å². The summed E-state index contributed by atoms with van der Waals surface area (Å²) in [5.41, 5.74) is 1.72. The summed E-state index contributed by atoms with van der Waals surface area (Å²) >= 11 is 1.59. The molecule has 3 heteroatoms. The SMILES string of the molecule is C=CCc1cc(Sc2ccc(O)c(CC=C)c2)ccc1O. The first-order valence-corrected chi connectivity index (χ1v) is 7.49. The molecule has 0 aromatic heterocycles. The molecule has 0 aliphatic heterocycles. The molecule has 2 aromatic rings. The Bertz CT molecular complexity index is 605. The molecule has 108 valence electrons. The predicted molar refractivity (Wildman–Crippen MR) is 88.1 cm³/mol. The highest BCUT2D eigenvalue weighted by Gasteiger charge is 2.06. The topological polar surface area (TPSA) is 40.5 Å². The molecule has 0 fully saturated rings. The smallest absolute Gasteiger partial charge is 0.119 e. The molecule has 2 nitrogen and oxygen atoms in total. The van der Waals surface area contributed by atoms with Gasteiger partial charge in [0, 0.05) is 9.79 Å². The van der Waals surface area contributed by atoms with E-state index in [4.69, 9.17) is 0 Å². The van der Waals surface area contributed by atoms with Crippen LogP contribution >= 0.6 is 11.8 Å². The maximum atomic E-state index is 9.78. The van der Waals surface area contributed by atoms with Gasteiger partial charge < -0.3 is 10.2 Å². The molecule has 0 spiro atoms. The lowest BCUT2D eigenvalue weighted by atomic mass is 10.1. The highest BCUT2D eigenvalue weighted by atomic mass is 32.2. The molecule has 0 saturated heterocycles. The molecule has 0 radical (unpaired) electrons. The summed E-state index contributed by atoms with van der Waals surface area (Å²) in [6, 6.07) is 11.1. The summed E-state index contributed by atoms with van der Waals surface area (Å²) in [6.45, 7) is 7.39. The molecule has 0 unspecified atom stereocenters. The molecule has 21 heavy (non-hydrogen) atoms. The summed E-state index contributed by atoms with van der Waals surface area (Å²) in [6.07, 6.45) is 4.81. The van der Waals surface area contributed by atoms with Gasteiger partial charge in [-0.05, 0) is 60.4 Å². The van der Waals surface area contributed by atoms with E-state index in [2.05, 4.69) is 13.2 Å². The Morgan fingerprint density at radius 1 is 0.810 bits per heavy atom. The minimum absolute atomic E-state index is 0.289. The van der Waals surface area contributed by atoms with Gasteiger partial charge in [-0.1, -0.05) is 23.9 Å². The lowest BCUT2D eigenvalue weighted by Crippen LogP contribution is -1.85. The fourth-order valence-corrected chi connectivity index (χ4v) is 2.97. The average Bonchev–Trinajstić information content (AvgIpc) is 2.47. The number of rotatable bonds is 6. The van der Waals surface area contributed by atoms with Crippen molar-refractivity contribution in [2.24, 2.45) is 0 Å². The van der Waals surface area contributed by atoms with Gasteiger partial charge in [-0.3, -0.25) is 0 Å². The Hall–Kier alpha value is -2.13. The van der Waals surface area contributed by atoms with Crippen LogP contribution in [0.15, 0.2) is 71.5 Å². The average molecular weight is 298 g/mol. The second-order valence-corrected chi connectivity index (χ2v) is 5.82. The molecule has 0 aliphatic carbocycles. The van der Waals surface area contributed by atoms with Crippen LogP contribution in [0, 0.1) is 0 Å². The minimum atomic E-state index is 0.289. The van der Waals surface area contributed by atoms with Gasteiger partial charge in [-0.25, -0.2) is 0 Å². The van der Waals surface area contributed by atoms with Crippen LogP contribution < -0.4 is 0 Å². The maximum Gasteiger partial charge on any atom is 0.119 e. The van der Waals surface area contributed by atoms with E-state index >= 15 is 0 Å². The van der Waals surface area contributed by atoms with Gasteiger partial charge in [0.2, 0.25) is 0 Å². The summed E-state index contributed by atoms with van der Waals surface area (Å²) < 4.78 is 0. The first-order valence-electron chi connectivity index (χ1n) is 6.67. The first kappa shape index (κ1) is 15.3. The zero-order chi connectivity index (χ0) is 15.2. The van der Waals surface area contributed by atoms with E-state index in [1.165, 1.54) is 0 Å².